The predicted molar refractivity (Wildman–Crippen MR) is 156 cm³/mol. The maximum Gasteiger partial charge on any atom is 0.311 e. The molecule has 2 aromatic carbocycles. The largest absolute Gasteiger partial charge is 0.427 e. The number of benzene rings is 2. The standard InChI is InChI=1S/C33H41NO6/c1-2-3-7-14-26(35)19-22-29-28(30(36)23-31(29)37)15-10-4-5-11-16-32(38)40-27-20-17-25(18-21-27)34-33(39)24-12-8-6-9-13-24/h4,6,8-10,12-13,17-22,26,28-29,31,35,37H,2-3,5,7,11,14-16,23H2,1H3,(H,34,39)/b10-4+,22-19+/t26-,28+,29+,31+/m0/s1. The zero-order valence-corrected chi connectivity index (χ0v) is 23.2. The minimum atomic E-state index is -0.714. The first-order chi connectivity index (χ1) is 19.4. The van der Waals surface area contributed by atoms with Crippen molar-refractivity contribution in [3.63, 3.8) is 0 Å². The number of amides is 1. The summed E-state index contributed by atoms with van der Waals surface area (Å²) in [5.41, 5.74) is 1.16. The summed E-state index contributed by atoms with van der Waals surface area (Å²) in [7, 11) is 0. The van der Waals surface area contributed by atoms with Crippen LogP contribution in [0.2, 0.25) is 0 Å². The molecule has 0 bridgehead atoms. The van der Waals surface area contributed by atoms with Crippen LogP contribution in [0.5, 0.6) is 5.75 Å². The van der Waals surface area contributed by atoms with Gasteiger partial charge >= 0.3 is 5.97 Å². The molecule has 7 nitrogen and oxygen atoms in total. The van der Waals surface area contributed by atoms with E-state index >= 15 is 0 Å². The van der Waals surface area contributed by atoms with Gasteiger partial charge in [-0.05, 0) is 62.1 Å². The van der Waals surface area contributed by atoms with Gasteiger partial charge in [0.1, 0.15) is 11.5 Å². The summed E-state index contributed by atoms with van der Waals surface area (Å²) < 4.78 is 5.39. The quantitative estimate of drug-likeness (QED) is 0.109. The molecular formula is C33H41NO6. The molecular weight excluding hydrogens is 506 g/mol. The first kappa shape index (κ1) is 31.0. The van der Waals surface area contributed by atoms with Crippen molar-refractivity contribution in [3.8, 4) is 5.75 Å². The van der Waals surface area contributed by atoms with Gasteiger partial charge in [0.05, 0.1) is 12.2 Å². The molecule has 0 aliphatic heterocycles. The van der Waals surface area contributed by atoms with E-state index in [-0.39, 0.29) is 42.3 Å². The number of hydrogen-bond acceptors (Lipinski definition) is 6. The molecule has 7 heteroatoms. The second-order valence-corrected chi connectivity index (χ2v) is 10.3. The van der Waals surface area contributed by atoms with Crippen molar-refractivity contribution < 1.29 is 29.3 Å². The molecule has 0 heterocycles. The lowest BCUT2D eigenvalue weighted by atomic mass is 9.90. The lowest BCUT2D eigenvalue weighted by molar-refractivity contribution is -0.134. The van der Waals surface area contributed by atoms with Gasteiger partial charge < -0.3 is 20.3 Å². The molecule has 214 valence electrons. The van der Waals surface area contributed by atoms with Crippen LogP contribution in [0, 0.1) is 11.8 Å². The summed E-state index contributed by atoms with van der Waals surface area (Å²) in [4.78, 5) is 36.9. The number of nitrogens with one attached hydrogen (secondary N) is 1. The molecule has 0 radical (unpaired) electrons. The number of hydrogen-bond donors (Lipinski definition) is 3. The van der Waals surface area contributed by atoms with E-state index in [1.165, 1.54) is 0 Å². The molecule has 2 aromatic rings. The first-order valence-corrected chi connectivity index (χ1v) is 14.3. The fourth-order valence-corrected chi connectivity index (χ4v) is 4.79. The highest BCUT2D eigenvalue weighted by Crippen LogP contribution is 2.33. The number of anilines is 1. The van der Waals surface area contributed by atoms with Crippen LogP contribution < -0.4 is 10.1 Å². The average molecular weight is 548 g/mol. The summed E-state index contributed by atoms with van der Waals surface area (Å²) in [5, 5.41) is 23.3. The molecule has 1 amide bonds. The average Bonchev–Trinajstić information content (AvgIpc) is 3.22. The Labute approximate surface area is 237 Å². The molecule has 1 fully saturated rings. The van der Waals surface area contributed by atoms with Crippen molar-refractivity contribution in [2.45, 2.75) is 76.9 Å². The SMILES string of the molecule is CCCCC[C@H](O)/C=C/[C@H]1[C@H](O)CC(=O)[C@@H]1C/C=C/CCCC(=O)Oc1ccc(NC(=O)c2ccccc2)cc1. The van der Waals surface area contributed by atoms with Gasteiger partial charge in [0.15, 0.2) is 0 Å². The van der Waals surface area contributed by atoms with E-state index in [4.69, 9.17) is 4.74 Å². The monoisotopic (exact) mass is 547 g/mol. The van der Waals surface area contributed by atoms with Gasteiger partial charge in [0.25, 0.3) is 5.91 Å². The number of aliphatic hydroxyl groups is 2. The van der Waals surface area contributed by atoms with E-state index in [9.17, 15) is 24.6 Å². The van der Waals surface area contributed by atoms with Crippen molar-refractivity contribution in [3.05, 3.63) is 84.5 Å². The van der Waals surface area contributed by atoms with Crippen LogP contribution in [0.4, 0.5) is 5.69 Å². The lowest BCUT2D eigenvalue weighted by Crippen LogP contribution is -2.18. The number of ketones is 1. The van der Waals surface area contributed by atoms with E-state index in [1.54, 1.807) is 54.6 Å². The molecule has 0 unspecified atom stereocenters. The van der Waals surface area contributed by atoms with Gasteiger partial charge in [-0.1, -0.05) is 68.7 Å². The minimum Gasteiger partial charge on any atom is -0.427 e. The summed E-state index contributed by atoms with van der Waals surface area (Å²) in [6.07, 6.45) is 12.1. The number of carbonyl (C=O) groups excluding carboxylic acids is 3. The van der Waals surface area contributed by atoms with Crippen LogP contribution in [0.15, 0.2) is 78.9 Å². The van der Waals surface area contributed by atoms with E-state index in [1.807, 2.05) is 24.3 Å². The Bertz CT molecular complexity index is 1140. The van der Waals surface area contributed by atoms with Gasteiger partial charge in [-0.25, -0.2) is 0 Å². The fourth-order valence-electron chi connectivity index (χ4n) is 4.79. The van der Waals surface area contributed by atoms with Gasteiger partial charge in [0.2, 0.25) is 0 Å². The zero-order valence-electron chi connectivity index (χ0n) is 23.2. The third-order valence-electron chi connectivity index (χ3n) is 7.08. The van der Waals surface area contributed by atoms with E-state index in [0.29, 0.717) is 42.7 Å². The Morgan fingerprint density at radius 3 is 2.52 bits per heavy atom. The lowest BCUT2D eigenvalue weighted by Gasteiger charge is -2.16. The minimum absolute atomic E-state index is 0.0431. The highest BCUT2D eigenvalue weighted by Gasteiger charge is 2.39. The van der Waals surface area contributed by atoms with E-state index in [2.05, 4.69) is 12.2 Å². The van der Waals surface area contributed by atoms with Crippen LogP contribution in [-0.2, 0) is 9.59 Å². The van der Waals surface area contributed by atoms with Crippen LogP contribution >= 0.6 is 0 Å². The van der Waals surface area contributed by atoms with Crippen LogP contribution in [0.1, 0.15) is 75.1 Å². The molecule has 3 rings (SSSR count). The molecule has 1 aliphatic rings. The fraction of sp³-hybridized carbons (Fsp3) is 0.424. The Morgan fingerprint density at radius 2 is 1.80 bits per heavy atom. The molecule has 0 saturated heterocycles. The number of rotatable bonds is 15. The van der Waals surface area contributed by atoms with Crippen molar-refractivity contribution in [2.24, 2.45) is 11.8 Å². The first-order valence-electron chi connectivity index (χ1n) is 14.3. The molecule has 0 aromatic heterocycles. The topological polar surface area (TPSA) is 113 Å². The highest BCUT2D eigenvalue weighted by atomic mass is 16.5. The summed E-state index contributed by atoms with van der Waals surface area (Å²) in [6, 6.07) is 15.6. The number of esters is 1. The van der Waals surface area contributed by atoms with Crippen molar-refractivity contribution in [2.75, 3.05) is 5.32 Å². The van der Waals surface area contributed by atoms with Gasteiger partial charge in [-0.3, -0.25) is 14.4 Å². The van der Waals surface area contributed by atoms with E-state index < -0.39 is 12.2 Å². The van der Waals surface area contributed by atoms with Crippen molar-refractivity contribution in [1.82, 2.24) is 0 Å². The Morgan fingerprint density at radius 1 is 1.05 bits per heavy atom. The number of carbonyl (C=O) groups is 3. The van der Waals surface area contributed by atoms with Crippen LogP contribution in [0.3, 0.4) is 0 Å². The molecule has 3 N–H and O–H groups in total. The third-order valence-corrected chi connectivity index (χ3v) is 7.08. The summed E-state index contributed by atoms with van der Waals surface area (Å²) >= 11 is 0. The molecule has 0 spiro atoms. The number of unbranched alkanes of at least 4 members (excludes halogenated alkanes) is 3. The summed E-state index contributed by atoms with van der Waals surface area (Å²) in [5.74, 6) is -0.684. The van der Waals surface area contributed by atoms with E-state index in [0.717, 1.165) is 19.3 Å². The van der Waals surface area contributed by atoms with Gasteiger partial charge in [-0.2, -0.15) is 0 Å². The van der Waals surface area contributed by atoms with Gasteiger partial charge in [0, 0.05) is 35.9 Å². The van der Waals surface area contributed by atoms with Crippen molar-refractivity contribution >= 4 is 23.3 Å². The summed E-state index contributed by atoms with van der Waals surface area (Å²) in [6.45, 7) is 2.12. The van der Waals surface area contributed by atoms with Crippen LogP contribution in [0.25, 0.3) is 0 Å². The number of aliphatic hydroxyl groups excluding tert-OH is 2. The Hall–Kier alpha value is -3.55. The number of Topliss-reactive ketones (excluding diaryl/α,β-unsaturated/α-hetero) is 1. The van der Waals surface area contributed by atoms with Crippen molar-refractivity contribution in [1.29, 1.82) is 0 Å². The zero-order chi connectivity index (χ0) is 28.7. The number of allylic oxidation sites excluding steroid dienone is 2. The molecule has 1 saturated carbocycles. The second kappa shape index (κ2) is 16.5. The Kier molecular flexibility index (Phi) is 12.8. The predicted octanol–water partition coefficient (Wildman–Crippen LogP) is 6.02. The second-order valence-electron chi connectivity index (χ2n) is 10.3. The molecule has 1 aliphatic carbocycles. The van der Waals surface area contributed by atoms with Gasteiger partial charge in [-0.15, -0.1) is 0 Å². The van der Waals surface area contributed by atoms with Crippen LogP contribution in [-0.4, -0.2) is 40.1 Å². The maximum absolute atomic E-state index is 12.4. The molecule has 4 atom stereocenters. The highest BCUT2D eigenvalue weighted by molar-refractivity contribution is 6.04. The maximum atomic E-state index is 12.4. The normalized spacial score (nSPS) is 19.8. The molecule has 40 heavy (non-hydrogen) atoms. The third kappa shape index (κ3) is 10.2. The number of ether oxygens (including phenoxy) is 1. The smallest absolute Gasteiger partial charge is 0.311 e. The Balaban J connectivity index is 1.36.